The van der Waals surface area contributed by atoms with Crippen molar-refractivity contribution in [1.29, 1.82) is 0 Å². The van der Waals surface area contributed by atoms with E-state index in [0.29, 0.717) is 5.75 Å². The van der Waals surface area contributed by atoms with Crippen molar-refractivity contribution in [2.75, 3.05) is 11.1 Å². The highest BCUT2D eigenvalue weighted by molar-refractivity contribution is 8.00. The SMILES string of the molecule is C=C(Cc1ccc2c(c1)NC(=O)CS2)C(=O)O. The summed E-state index contributed by atoms with van der Waals surface area (Å²) in [6, 6.07) is 5.55. The molecule has 0 aromatic heterocycles. The van der Waals surface area contributed by atoms with E-state index >= 15 is 0 Å². The van der Waals surface area contributed by atoms with Crippen LogP contribution in [-0.2, 0) is 16.0 Å². The Bertz CT molecular complexity index is 510. The number of carbonyl (C=O) groups excluding carboxylic acids is 1. The van der Waals surface area contributed by atoms with Gasteiger partial charge in [-0.3, -0.25) is 4.79 Å². The number of thioether (sulfide) groups is 1. The van der Waals surface area contributed by atoms with Crippen molar-refractivity contribution in [3.63, 3.8) is 0 Å². The van der Waals surface area contributed by atoms with Crippen LogP contribution in [0.5, 0.6) is 0 Å². The van der Waals surface area contributed by atoms with E-state index < -0.39 is 5.97 Å². The average Bonchev–Trinajstić information content (AvgIpc) is 2.28. The number of anilines is 1. The molecule has 0 radical (unpaired) electrons. The van der Waals surface area contributed by atoms with Crippen molar-refractivity contribution < 1.29 is 14.7 Å². The molecule has 2 N–H and O–H groups in total. The number of hydrogen-bond donors (Lipinski definition) is 2. The van der Waals surface area contributed by atoms with Crippen LogP contribution in [0.3, 0.4) is 0 Å². The van der Waals surface area contributed by atoms with E-state index in [1.165, 1.54) is 11.8 Å². The van der Waals surface area contributed by atoms with Crippen molar-refractivity contribution in [2.24, 2.45) is 0 Å². The minimum atomic E-state index is -0.999. The summed E-state index contributed by atoms with van der Waals surface area (Å²) < 4.78 is 0. The van der Waals surface area contributed by atoms with Crippen LogP contribution in [-0.4, -0.2) is 22.7 Å². The molecule has 0 saturated carbocycles. The second-order valence-electron chi connectivity index (χ2n) is 3.75. The van der Waals surface area contributed by atoms with Gasteiger partial charge in [0.25, 0.3) is 0 Å². The highest BCUT2D eigenvalue weighted by Crippen LogP contribution is 2.32. The number of carbonyl (C=O) groups is 2. The van der Waals surface area contributed by atoms with Crippen LogP contribution in [0.4, 0.5) is 5.69 Å². The zero-order valence-electron chi connectivity index (χ0n) is 9.03. The Morgan fingerprint density at radius 3 is 3.00 bits per heavy atom. The minimum absolute atomic E-state index is 0.0308. The predicted molar refractivity (Wildman–Crippen MR) is 66.3 cm³/mol. The van der Waals surface area contributed by atoms with Crippen molar-refractivity contribution in [1.82, 2.24) is 0 Å². The zero-order valence-corrected chi connectivity index (χ0v) is 9.84. The number of hydrogen-bond acceptors (Lipinski definition) is 3. The largest absolute Gasteiger partial charge is 0.478 e. The first-order chi connectivity index (χ1) is 8.06. The normalized spacial score (nSPS) is 13.8. The molecule has 88 valence electrons. The van der Waals surface area contributed by atoms with Crippen LogP contribution >= 0.6 is 11.8 Å². The van der Waals surface area contributed by atoms with E-state index in [-0.39, 0.29) is 17.9 Å². The van der Waals surface area contributed by atoms with Gasteiger partial charge in [-0.15, -0.1) is 11.8 Å². The highest BCUT2D eigenvalue weighted by atomic mass is 32.2. The van der Waals surface area contributed by atoms with Crippen LogP contribution in [0.25, 0.3) is 0 Å². The third-order valence-corrected chi connectivity index (χ3v) is 3.47. The second-order valence-corrected chi connectivity index (χ2v) is 4.77. The molecular formula is C12H11NO3S. The van der Waals surface area contributed by atoms with Gasteiger partial charge in [-0.05, 0) is 17.7 Å². The summed E-state index contributed by atoms with van der Waals surface area (Å²) in [7, 11) is 0. The highest BCUT2D eigenvalue weighted by Gasteiger charge is 2.16. The van der Waals surface area contributed by atoms with Gasteiger partial charge in [-0.1, -0.05) is 12.6 Å². The van der Waals surface area contributed by atoms with E-state index in [4.69, 9.17) is 5.11 Å². The molecular weight excluding hydrogens is 238 g/mol. The lowest BCUT2D eigenvalue weighted by Gasteiger charge is -2.17. The van der Waals surface area contributed by atoms with Crippen LogP contribution in [0.2, 0.25) is 0 Å². The molecule has 1 heterocycles. The maximum absolute atomic E-state index is 11.2. The molecule has 17 heavy (non-hydrogen) atoms. The predicted octanol–water partition coefficient (Wildman–Crippen LogP) is 1.91. The van der Waals surface area contributed by atoms with Gasteiger partial charge in [0.05, 0.1) is 11.4 Å². The molecule has 5 heteroatoms. The first-order valence-corrected chi connectivity index (χ1v) is 6.01. The number of aliphatic carboxylic acids is 1. The fraction of sp³-hybridized carbons (Fsp3) is 0.167. The molecule has 0 aliphatic carbocycles. The number of rotatable bonds is 3. The molecule has 4 nitrogen and oxygen atoms in total. The summed E-state index contributed by atoms with van der Waals surface area (Å²) in [6.07, 6.45) is 0.281. The van der Waals surface area contributed by atoms with Crippen LogP contribution < -0.4 is 5.32 Å². The molecule has 1 aliphatic rings. The lowest BCUT2D eigenvalue weighted by Crippen LogP contribution is -2.18. The smallest absolute Gasteiger partial charge is 0.331 e. The van der Waals surface area contributed by atoms with Crippen LogP contribution in [0.15, 0.2) is 35.2 Å². The van der Waals surface area contributed by atoms with E-state index in [9.17, 15) is 9.59 Å². The second kappa shape index (κ2) is 4.63. The third kappa shape index (κ3) is 2.68. The summed E-state index contributed by atoms with van der Waals surface area (Å²) in [4.78, 5) is 22.9. The van der Waals surface area contributed by atoms with Gasteiger partial charge in [0.15, 0.2) is 0 Å². The van der Waals surface area contributed by atoms with Crippen molar-refractivity contribution in [2.45, 2.75) is 11.3 Å². The van der Waals surface area contributed by atoms with Gasteiger partial charge in [0.2, 0.25) is 5.91 Å². The Morgan fingerprint density at radius 2 is 2.29 bits per heavy atom. The Hall–Kier alpha value is -1.75. The zero-order chi connectivity index (χ0) is 12.4. The van der Waals surface area contributed by atoms with Crippen molar-refractivity contribution in [3.05, 3.63) is 35.9 Å². The molecule has 1 aromatic rings. The van der Waals surface area contributed by atoms with E-state index in [2.05, 4.69) is 11.9 Å². The number of fused-ring (bicyclic) bond motifs is 1. The molecule has 0 bridgehead atoms. The lowest BCUT2D eigenvalue weighted by molar-refractivity contribution is -0.132. The topological polar surface area (TPSA) is 66.4 Å². The molecule has 0 fully saturated rings. The molecule has 0 unspecified atom stereocenters. The van der Waals surface area contributed by atoms with Gasteiger partial charge >= 0.3 is 5.97 Å². The van der Waals surface area contributed by atoms with Gasteiger partial charge in [-0.25, -0.2) is 4.79 Å². The molecule has 2 rings (SSSR count). The lowest BCUT2D eigenvalue weighted by atomic mass is 10.1. The summed E-state index contributed by atoms with van der Waals surface area (Å²) in [5, 5.41) is 11.5. The number of amides is 1. The van der Waals surface area contributed by atoms with Crippen molar-refractivity contribution in [3.8, 4) is 0 Å². The number of carboxylic acid groups (broad SMARTS) is 1. The van der Waals surface area contributed by atoms with Gasteiger partial charge in [-0.2, -0.15) is 0 Å². The molecule has 1 aliphatic heterocycles. The van der Waals surface area contributed by atoms with E-state index in [1.54, 1.807) is 6.07 Å². The molecule has 0 saturated heterocycles. The Kier molecular flexibility index (Phi) is 3.19. The van der Waals surface area contributed by atoms with Gasteiger partial charge in [0, 0.05) is 16.9 Å². The summed E-state index contributed by atoms with van der Waals surface area (Å²) in [6.45, 7) is 3.48. The molecule has 1 aromatic carbocycles. The first-order valence-electron chi connectivity index (χ1n) is 5.03. The Morgan fingerprint density at radius 1 is 1.53 bits per heavy atom. The van der Waals surface area contributed by atoms with Crippen LogP contribution in [0.1, 0.15) is 5.56 Å². The summed E-state index contributed by atoms with van der Waals surface area (Å²) >= 11 is 1.48. The monoisotopic (exact) mass is 249 g/mol. The molecule has 1 amide bonds. The number of carboxylic acids is 1. The number of benzene rings is 1. The fourth-order valence-electron chi connectivity index (χ4n) is 1.56. The summed E-state index contributed by atoms with van der Waals surface area (Å²) in [5.74, 6) is -0.605. The van der Waals surface area contributed by atoms with Crippen LogP contribution in [0, 0.1) is 0 Å². The van der Waals surface area contributed by atoms with Crippen molar-refractivity contribution >= 4 is 29.3 Å². The first kappa shape index (κ1) is 11.7. The van der Waals surface area contributed by atoms with E-state index in [1.807, 2.05) is 12.1 Å². The Labute approximate surface area is 103 Å². The maximum Gasteiger partial charge on any atom is 0.331 e. The Balaban J connectivity index is 2.21. The van der Waals surface area contributed by atoms with Gasteiger partial charge < -0.3 is 10.4 Å². The van der Waals surface area contributed by atoms with E-state index in [0.717, 1.165) is 16.1 Å². The summed E-state index contributed by atoms with van der Waals surface area (Å²) in [5.41, 5.74) is 1.72. The van der Waals surface area contributed by atoms with Gasteiger partial charge in [0.1, 0.15) is 0 Å². The minimum Gasteiger partial charge on any atom is -0.478 e. The number of nitrogens with one attached hydrogen (secondary N) is 1. The standard InChI is InChI=1S/C12H11NO3S/c1-7(12(15)16)4-8-2-3-10-9(5-8)13-11(14)6-17-10/h2-3,5H,1,4,6H2,(H,13,14)(H,15,16). The average molecular weight is 249 g/mol. The maximum atomic E-state index is 11.2. The molecule has 0 spiro atoms. The quantitative estimate of drug-likeness (QED) is 0.803. The third-order valence-electron chi connectivity index (χ3n) is 2.40. The fourth-order valence-corrected chi connectivity index (χ4v) is 2.35. The molecule has 0 atom stereocenters.